The zero-order valence-electron chi connectivity index (χ0n) is 11.2. The van der Waals surface area contributed by atoms with E-state index < -0.39 is 0 Å². The third-order valence-corrected chi connectivity index (χ3v) is 4.15. The molecule has 0 aliphatic rings. The Morgan fingerprint density at radius 1 is 1.20 bits per heavy atom. The fraction of sp³-hybridized carbons (Fsp3) is 0.0588. The lowest BCUT2D eigenvalue weighted by atomic mass is 10.1. The summed E-state index contributed by atoms with van der Waals surface area (Å²) in [6, 6.07) is 10.1. The molecule has 98 valence electrons. The van der Waals surface area contributed by atoms with Crippen molar-refractivity contribution >= 4 is 33.8 Å². The molecule has 0 aliphatic carbocycles. The van der Waals surface area contributed by atoms with E-state index in [4.69, 9.17) is 4.98 Å². The number of allylic oxidation sites excluding steroid dienone is 1. The van der Waals surface area contributed by atoms with Gasteiger partial charge < -0.3 is 0 Å². The van der Waals surface area contributed by atoms with Crippen molar-refractivity contribution in [3.8, 4) is 11.3 Å². The molecule has 0 atom stereocenters. The summed E-state index contributed by atoms with van der Waals surface area (Å²) in [6.45, 7) is 5.88. The zero-order chi connectivity index (χ0) is 13.9. The molecule has 20 heavy (non-hydrogen) atoms. The second-order valence-corrected chi connectivity index (χ2v) is 5.39. The van der Waals surface area contributed by atoms with Crippen LogP contribution in [0, 0.1) is 0 Å². The Morgan fingerprint density at radius 3 is 2.70 bits per heavy atom. The summed E-state index contributed by atoms with van der Waals surface area (Å²) in [5.74, 6) is 0. The lowest BCUT2D eigenvalue weighted by Crippen LogP contribution is -1.87. The van der Waals surface area contributed by atoms with E-state index in [9.17, 15) is 0 Å². The van der Waals surface area contributed by atoms with Crippen molar-refractivity contribution in [3.63, 3.8) is 0 Å². The second kappa shape index (κ2) is 5.39. The molecule has 2 nitrogen and oxygen atoms in total. The minimum absolute atomic E-state index is 0.900. The lowest BCUT2D eigenvalue weighted by Gasteiger charge is -2.00. The molecule has 1 aromatic carbocycles. The second-order valence-electron chi connectivity index (χ2n) is 4.36. The minimum Gasteiger partial charge on any atom is -0.243 e. The molecule has 3 rings (SSSR count). The van der Waals surface area contributed by atoms with Gasteiger partial charge in [0.15, 0.2) is 0 Å². The van der Waals surface area contributed by atoms with E-state index in [2.05, 4.69) is 17.6 Å². The van der Waals surface area contributed by atoms with Gasteiger partial charge >= 0.3 is 0 Å². The average molecular weight is 278 g/mol. The molecule has 0 unspecified atom stereocenters. The van der Waals surface area contributed by atoms with Gasteiger partial charge in [0.25, 0.3) is 0 Å². The highest BCUT2D eigenvalue weighted by Crippen LogP contribution is 2.32. The van der Waals surface area contributed by atoms with Crippen molar-refractivity contribution < 1.29 is 0 Å². The highest BCUT2D eigenvalue weighted by molar-refractivity contribution is 7.19. The number of thiophene rings is 1. The molecule has 0 N–H and O–H groups in total. The van der Waals surface area contributed by atoms with Gasteiger partial charge in [0.05, 0.1) is 11.9 Å². The van der Waals surface area contributed by atoms with Crippen molar-refractivity contribution in [1.29, 1.82) is 0 Å². The smallest absolute Gasteiger partial charge is 0.143 e. The van der Waals surface area contributed by atoms with Gasteiger partial charge in [-0.05, 0) is 6.92 Å². The molecule has 3 heteroatoms. The molecule has 0 aliphatic heterocycles. The van der Waals surface area contributed by atoms with Crippen molar-refractivity contribution in [3.05, 3.63) is 59.6 Å². The largest absolute Gasteiger partial charge is 0.243 e. The topological polar surface area (TPSA) is 25.8 Å². The fourth-order valence-electron chi connectivity index (χ4n) is 2.13. The van der Waals surface area contributed by atoms with Gasteiger partial charge in [0.2, 0.25) is 0 Å². The number of rotatable bonds is 3. The van der Waals surface area contributed by atoms with E-state index in [0.29, 0.717) is 0 Å². The number of benzene rings is 1. The van der Waals surface area contributed by atoms with Gasteiger partial charge in [-0.25, -0.2) is 9.97 Å². The van der Waals surface area contributed by atoms with Crippen LogP contribution in [0.1, 0.15) is 17.4 Å². The molecule has 2 heterocycles. The van der Waals surface area contributed by atoms with Gasteiger partial charge in [-0.1, -0.05) is 55.1 Å². The normalized spacial score (nSPS) is 11.2. The standard InChI is InChI=1S/C17H14N2S/c1-3-8-13-15(4-2)20-17-16(13)19-14(11-18-17)12-9-6-5-7-10-12/h3-11H,2H2,1H3/b8-3-. The van der Waals surface area contributed by atoms with Crippen LogP contribution in [0.5, 0.6) is 0 Å². The van der Waals surface area contributed by atoms with Crippen molar-refractivity contribution in [2.75, 3.05) is 0 Å². The molecule has 0 fully saturated rings. The quantitative estimate of drug-likeness (QED) is 0.671. The summed E-state index contributed by atoms with van der Waals surface area (Å²) < 4.78 is 0. The molecule has 0 spiro atoms. The maximum Gasteiger partial charge on any atom is 0.143 e. The monoisotopic (exact) mass is 278 g/mol. The lowest BCUT2D eigenvalue weighted by molar-refractivity contribution is 1.31. The first-order chi connectivity index (χ1) is 9.83. The summed E-state index contributed by atoms with van der Waals surface area (Å²) in [5, 5.41) is 0. The van der Waals surface area contributed by atoms with Crippen LogP contribution in [-0.4, -0.2) is 9.97 Å². The molecule has 0 bridgehead atoms. The molecule has 0 saturated heterocycles. The van der Waals surface area contributed by atoms with Gasteiger partial charge in [-0.15, -0.1) is 11.3 Å². The van der Waals surface area contributed by atoms with Crippen molar-refractivity contribution in [2.45, 2.75) is 6.92 Å². The number of nitrogens with zero attached hydrogens (tertiary/aromatic N) is 2. The van der Waals surface area contributed by atoms with Gasteiger partial charge in [0, 0.05) is 16.0 Å². The van der Waals surface area contributed by atoms with Crippen LogP contribution < -0.4 is 0 Å². The number of hydrogen-bond acceptors (Lipinski definition) is 3. The Morgan fingerprint density at radius 2 is 2.00 bits per heavy atom. The third kappa shape index (κ3) is 2.17. The maximum atomic E-state index is 4.78. The summed E-state index contributed by atoms with van der Waals surface area (Å²) in [5.41, 5.74) is 4.04. The number of aromatic nitrogens is 2. The van der Waals surface area contributed by atoms with Crippen LogP contribution in [0.2, 0.25) is 0 Å². The highest BCUT2D eigenvalue weighted by atomic mass is 32.1. The molecular weight excluding hydrogens is 264 g/mol. The third-order valence-electron chi connectivity index (χ3n) is 3.05. The Balaban J connectivity index is 2.24. The Labute approximate surface area is 122 Å². The molecule has 3 aromatic rings. The van der Waals surface area contributed by atoms with E-state index in [1.807, 2.05) is 55.6 Å². The first-order valence-corrected chi connectivity index (χ1v) is 7.25. The molecule has 0 radical (unpaired) electrons. The van der Waals surface area contributed by atoms with Crippen LogP contribution >= 0.6 is 11.3 Å². The summed E-state index contributed by atoms with van der Waals surface area (Å²) in [6.07, 6.45) is 7.79. The van der Waals surface area contributed by atoms with Crippen molar-refractivity contribution in [2.24, 2.45) is 0 Å². The van der Waals surface area contributed by atoms with Crippen LogP contribution in [0.4, 0.5) is 0 Å². The van der Waals surface area contributed by atoms with Gasteiger partial charge in [-0.3, -0.25) is 0 Å². The first kappa shape index (κ1) is 12.8. The van der Waals surface area contributed by atoms with E-state index in [-0.39, 0.29) is 0 Å². The SMILES string of the molecule is C=Cc1sc2ncc(-c3ccccc3)nc2c1/C=C\C. The summed E-state index contributed by atoms with van der Waals surface area (Å²) in [4.78, 5) is 11.4. The van der Waals surface area contributed by atoms with E-state index in [0.717, 1.165) is 32.0 Å². The zero-order valence-corrected chi connectivity index (χ0v) is 12.0. The Bertz CT molecular complexity index is 785. The van der Waals surface area contributed by atoms with Crippen LogP contribution in [-0.2, 0) is 0 Å². The number of fused-ring (bicyclic) bond motifs is 1. The van der Waals surface area contributed by atoms with E-state index in [1.165, 1.54) is 0 Å². The van der Waals surface area contributed by atoms with Gasteiger partial charge in [-0.2, -0.15) is 0 Å². The maximum absolute atomic E-state index is 4.78. The Hall–Kier alpha value is -2.26. The van der Waals surface area contributed by atoms with Crippen molar-refractivity contribution in [1.82, 2.24) is 9.97 Å². The van der Waals surface area contributed by atoms with Gasteiger partial charge in [0.1, 0.15) is 10.3 Å². The first-order valence-electron chi connectivity index (χ1n) is 6.43. The average Bonchev–Trinajstić information content (AvgIpc) is 2.86. The van der Waals surface area contributed by atoms with Crippen LogP contribution in [0.25, 0.3) is 33.8 Å². The van der Waals surface area contributed by atoms with E-state index in [1.54, 1.807) is 11.3 Å². The van der Waals surface area contributed by atoms with E-state index >= 15 is 0 Å². The highest BCUT2D eigenvalue weighted by Gasteiger charge is 2.11. The minimum atomic E-state index is 0.900. The predicted octanol–water partition coefficient (Wildman–Crippen LogP) is 5.03. The molecule has 0 amide bonds. The van der Waals surface area contributed by atoms with Crippen LogP contribution in [0.15, 0.2) is 49.2 Å². The van der Waals surface area contributed by atoms with Crippen LogP contribution in [0.3, 0.4) is 0 Å². The molecule has 0 saturated carbocycles. The Kier molecular flexibility index (Phi) is 3.44. The predicted molar refractivity (Wildman–Crippen MR) is 87.7 cm³/mol. The molecule has 2 aromatic heterocycles. The summed E-state index contributed by atoms with van der Waals surface area (Å²) in [7, 11) is 0. The summed E-state index contributed by atoms with van der Waals surface area (Å²) >= 11 is 1.62. The molecular formula is C17H14N2S. The fourth-order valence-corrected chi connectivity index (χ4v) is 3.06. The number of hydrogen-bond donors (Lipinski definition) is 0.